The average molecular weight is 477 g/mol. The second-order valence-electron chi connectivity index (χ2n) is 9.61. The van der Waals surface area contributed by atoms with Gasteiger partial charge in [0.15, 0.2) is 0 Å². The van der Waals surface area contributed by atoms with Gasteiger partial charge in [0.25, 0.3) is 5.69 Å². The monoisotopic (exact) mass is 476 g/mol. The van der Waals surface area contributed by atoms with Gasteiger partial charge in [-0.1, -0.05) is 48.5 Å². The molecular weight excluding hydrogens is 452 g/mol. The van der Waals surface area contributed by atoms with Crippen LogP contribution in [0.3, 0.4) is 0 Å². The number of anilines is 1. The van der Waals surface area contributed by atoms with Crippen LogP contribution in [0.1, 0.15) is 30.5 Å². The van der Waals surface area contributed by atoms with Crippen LogP contribution in [0.5, 0.6) is 5.75 Å². The van der Waals surface area contributed by atoms with E-state index in [1.807, 2.05) is 24.3 Å². The summed E-state index contributed by atoms with van der Waals surface area (Å²) >= 11 is 0. The molecule has 7 nitrogen and oxygen atoms in total. The Morgan fingerprint density at radius 2 is 1.53 bits per heavy atom. The van der Waals surface area contributed by atoms with Gasteiger partial charge in [0.2, 0.25) is 5.72 Å². The van der Waals surface area contributed by atoms with Crippen molar-refractivity contribution in [1.82, 2.24) is 0 Å². The van der Waals surface area contributed by atoms with Gasteiger partial charge in [-0.3, -0.25) is 10.1 Å². The van der Waals surface area contributed by atoms with Crippen LogP contribution in [0.15, 0.2) is 107 Å². The predicted octanol–water partition coefficient (Wildman–Crippen LogP) is 7.55. The largest absolute Gasteiger partial charge is 0.462 e. The van der Waals surface area contributed by atoms with E-state index in [1.165, 1.54) is 17.7 Å². The number of non-ortho nitro benzene ring substituents is 1. The molecule has 0 aliphatic carbocycles. The maximum absolute atomic E-state index is 10.9. The highest BCUT2D eigenvalue weighted by molar-refractivity contribution is 5.70. The van der Waals surface area contributed by atoms with Gasteiger partial charge in [-0.05, 0) is 55.8 Å². The summed E-state index contributed by atoms with van der Waals surface area (Å²) in [4.78, 5) is 12.8. The molecule has 2 aliphatic rings. The Kier molecular flexibility index (Phi) is 4.89. The van der Waals surface area contributed by atoms with E-state index < -0.39 is 10.6 Å². The number of nitro groups is 1. The number of nitro benzene ring substituents is 1. The van der Waals surface area contributed by atoms with Crippen molar-refractivity contribution in [3.05, 3.63) is 124 Å². The minimum absolute atomic E-state index is 0.0237. The lowest BCUT2D eigenvalue weighted by Gasteiger charge is -2.50. The summed E-state index contributed by atoms with van der Waals surface area (Å²) in [6, 6.07) is 30.8. The van der Waals surface area contributed by atoms with E-state index in [0.29, 0.717) is 17.9 Å². The van der Waals surface area contributed by atoms with E-state index in [1.54, 1.807) is 12.1 Å². The molecule has 0 spiro atoms. The van der Waals surface area contributed by atoms with Crippen molar-refractivity contribution < 1.29 is 9.66 Å². The summed E-state index contributed by atoms with van der Waals surface area (Å²) in [6.45, 7) is 5.15. The van der Waals surface area contributed by atoms with E-state index in [-0.39, 0.29) is 11.1 Å². The van der Waals surface area contributed by atoms with Crippen molar-refractivity contribution in [3.63, 3.8) is 0 Å². The number of azo groups is 1. The zero-order valence-corrected chi connectivity index (χ0v) is 20.0. The Morgan fingerprint density at radius 3 is 2.28 bits per heavy atom. The van der Waals surface area contributed by atoms with Crippen molar-refractivity contribution in [1.29, 1.82) is 0 Å². The average Bonchev–Trinajstić information content (AvgIpc) is 3.10. The third-order valence-electron chi connectivity index (χ3n) is 7.23. The minimum atomic E-state index is -0.688. The Morgan fingerprint density at radius 1 is 0.861 bits per heavy atom. The lowest BCUT2D eigenvalue weighted by Crippen LogP contribution is -2.58. The van der Waals surface area contributed by atoms with Crippen molar-refractivity contribution in [2.24, 2.45) is 10.2 Å². The highest BCUT2D eigenvalue weighted by atomic mass is 16.6. The van der Waals surface area contributed by atoms with Crippen LogP contribution in [0, 0.1) is 10.1 Å². The molecule has 4 aromatic carbocycles. The Hall–Kier alpha value is -4.52. The molecule has 0 aromatic heterocycles. The summed E-state index contributed by atoms with van der Waals surface area (Å²) in [5, 5.41) is 19.5. The molecular formula is C29H24N4O3. The minimum Gasteiger partial charge on any atom is -0.462 e. The zero-order valence-electron chi connectivity index (χ0n) is 20.0. The van der Waals surface area contributed by atoms with E-state index in [9.17, 15) is 10.1 Å². The van der Waals surface area contributed by atoms with Gasteiger partial charge in [-0.25, -0.2) is 0 Å². The normalized spacial score (nSPS) is 19.3. The van der Waals surface area contributed by atoms with Crippen LogP contribution >= 0.6 is 0 Å². The highest BCUT2D eigenvalue weighted by Crippen LogP contribution is 2.60. The molecule has 36 heavy (non-hydrogen) atoms. The van der Waals surface area contributed by atoms with E-state index >= 15 is 0 Å². The molecule has 178 valence electrons. The van der Waals surface area contributed by atoms with E-state index in [0.717, 1.165) is 22.6 Å². The summed E-state index contributed by atoms with van der Waals surface area (Å²) in [5.41, 5.74) is 4.81. The molecule has 0 N–H and O–H groups in total. The Labute approximate surface area is 208 Å². The first-order valence-corrected chi connectivity index (χ1v) is 11.8. The van der Waals surface area contributed by atoms with Crippen molar-refractivity contribution in [3.8, 4) is 5.75 Å². The molecule has 0 saturated carbocycles. The molecule has 7 heteroatoms. The van der Waals surface area contributed by atoms with Crippen molar-refractivity contribution in [2.75, 3.05) is 4.90 Å². The van der Waals surface area contributed by atoms with Gasteiger partial charge < -0.3 is 9.64 Å². The van der Waals surface area contributed by atoms with Gasteiger partial charge in [-0.2, -0.15) is 10.2 Å². The second kappa shape index (κ2) is 8.02. The van der Waals surface area contributed by atoms with Gasteiger partial charge >= 0.3 is 0 Å². The van der Waals surface area contributed by atoms with Crippen LogP contribution in [0.4, 0.5) is 22.7 Å². The first-order chi connectivity index (χ1) is 17.4. The van der Waals surface area contributed by atoms with Gasteiger partial charge in [0.05, 0.1) is 28.3 Å². The van der Waals surface area contributed by atoms with Crippen molar-refractivity contribution in [2.45, 2.75) is 31.5 Å². The van der Waals surface area contributed by atoms with E-state index in [4.69, 9.17) is 4.74 Å². The van der Waals surface area contributed by atoms with Crippen LogP contribution in [0.2, 0.25) is 0 Å². The van der Waals surface area contributed by atoms with Crippen LogP contribution in [-0.2, 0) is 17.7 Å². The standard InChI is InChI=1S/C29H24N4O3/c1-28(2)25-10-6-7-11-26(25)32-19-20-18-23(31-30-22-12-15-24(16-13-22)33(34)35)14-17-27(20)36-29(28,32)21-8-4-3-5-9-21/h3-18H,19H2,1-2H3. The van der Waals surface area contributed by atoms with Crippen LogP contribution in [-0.4, -0.2) is 4.92 Å². The third-order valence-corrected chi connectivity index (χ3v) is 7.23. The lowest BCUT2D eigenvalue weighted by molar-refractivity contribution is -0.384. The smallest absolute Gasteiger partial charge is 0.269 e. The molecule has 0 saturated heterocycles. The van der Waals surface area contributed by atoms with Crippen molar-refractivity contribution >= 4 is 22.7 Å². The number of hydrogen-bond acceptors (Lipinski definition) is 6. The number of rotatable bonds is 4. The quantitative estimate of drug-likeness (QED) is 0.173. The fraction of sp³-hybridized carbons (Fsp3) is 0.172. The lowest BCUT2D eigenvalue weighted by atomic mass is 9.73. The predicted molar refractivity (Wildman–Crippen MR) is 138 cm³/mol. The second-order valence-corrected chi connectivity index (χ2v) is 9.61. The maximum Gasteiger partial charge on any atom is 0.269 e. The Bertz CT molecular complexity index is 1500. The molecule has 0 bridgehead atoms. The number of hydrogen-bond donors (Lipinski definition) is 0. The Balaban J connectivity index is 1.40. The molecule has 1 unspecified atom stereocenters. The fourth-order valence-corrected chi connectivity index (χ4v) is 5.48. The fourth-order valence-electron chi connectivity index (χ4n) is 5.48. The number of benzene rings is 4. The summed E-state index contributed by atoms with van der Waals surface area (Å²) in [6.07, 6.45) is 0. The summed E-state index contributed by atoms with van der Waals surface area (Å²) in [5.74, 6) is 0.824. The molecule has 0 amide bonds. The molecule has 1 atom stereocenters. The molecule has 2 aliphatic heterocycles. The van der Waals surface area contributed by atoms with Crippen LogP contribution < -0.4 is 9.64 Å². The molecule has 4 aromatic rings. The third kappa shape index (κ3) is 3.20. The first-order valence-electron chi connectivity index (χ1n) is 11.8. The summed E-state index contributed by atoms with van der Waals surface area (Å²) in [7, 11) is 0. The zero-order chi connectivity index (χ0) is 24.9. The molecule has 0 radical (unpaired) electrons. The first kappa shape index (κ1) is 22.0. The molecule has 0 fully saturated rings. The number of fused-ring (bicyclic) bond motifs is 4. The molecule has 2 heterocycles. The topological polar surface area (TPSA) is 80.3 Å². The number of ether oxygens (including phenoxy) is 1. The number of para-hydroxylation sites is 1. The SMILES string of the molecule is CC1(C)c2ccccc2N2Cc3cc(N=Nc4ccc([N+](=O)[O-])cc4)ccc3OC21c1ccccc1. The van der Waals surface area contributed by atoms with Gasteiger partial charge in [0.1, 0.15) is 5.75 Å². The summed E-state index contributed by atoms with van der Waals surface area (Å²) < 4.78 is 6.97. The van der Waals surface area contributed by atoms with Crippen LogP contribution in [0.25, 0.3) is 0 Å². The van der Waals surface area contributed by atoms with Gasteiger partial charge in [-0.15, -0.1) is 0 Å². The van der Waals surface area contributed by atoms with Gasteiger partial charge in [0, 0.05) is 28.9 Å². The molecule has 6 rings (SSSR count). The number of nitrogens with zero attached hydrogens (tertiary/aromatic N) is 4. The highest BCUT2D eigenvalue weighted by Gasteiger charge is 2.61. The van der Waals surface area contributed by atoms with E-state index in [2.05, 4.69) is 77.5 Å². The maximum atomic E-state index is 10.9.